The second-order valence-corrected chi connectivity index (χ2v) is 6.06. The maximum atomic E-state index is 13.4. The van der Waals surface area contributed by atoms with E-state index in [0.717, 1.165) is 0 Å². The molecule has 1 fully saturated rings. The van der Waals surface area contributed by atoms with Gasteiger partial charge in [-0.1, -0.05) is 12.8 Å². The number of imidazole rings is 1. The van der Waals surface area contributed by atoms with Crippen molar-refractivity contribution in [2.45, 2.75) is 37.9 Å². The third-order valence-electron chi connectivity index (χ3n) is 4.74. The lowest BCUT2D eigenvalue weighted by Crippen LogP contribution is -2.38. The Labute approximate surface area is 128 Å². The van der Waals surface area contributed by atoms with E-state index in [1.165, 1.54) is 10.8 Å². The van der Waals surface area contributed by atoms with Gasteiger partial charge in [0.25, 0.3) is 0 Å². The van der Waals surface area contributed by atoms with Gasteiger partial charge in [-0.2, -0.15) is 13.2 Å². The van der Waals surface area contributed by atoms with Crippen molar-refractivity contribution in [2.24, 2.45) is 5.92 Å². The normalized spacial score (nSPS) is 22.9. The molecule has 0 saturated heterocycles. The van der Waals surface area contributed by atoms with E-state index < -0.39 is 23.8 Å². The highest BCUT2D eigenvalue weighted by Gasteiger charge is 2.47. The zero-order chi connectivity index (χ0) is 16.2. The third kappa shape index (κ3) is 2.15. The second-order valence-electron chi connectivity index (χ2n) is 6.06. The van der Waals surface area contributed by atoms with Crippen molar-refractivity contribution in [1.29, 1.82) is 0 Å². The molecule has 2 atom stereocenters. The van der Waals surface area contributed by atoms with Crippen LogP contribution in [0.25, 0.3) is 22.1 Å². The summed E-state index contributed by atoms with van der Waals surface area (Å²) < 4.78 is 41.6. The molecule has 0 aliphatic heterocycles. The van der Waals surface area contributed by atoms with E-state index in [9.17, 15) is 18.0 Å². The number of aromatic amines is 2. The first-order valence-corrected chi connectivity index (χ1v) is 7.60. The van der Waals surface area contributed by atoms with Crippen molar-refractivity contribution in [3.63, 3.8) is 0 Å². The molecule has 0 radical (unpaired) electrons. The second kappa shape index (κ2) is 4.87. The van der Waals surface area contributed by atoms with Crippen LogP contribution in [0.5, 0.6) is 0 Å². The number of H-pyrrole nitrogens is 2. The SMILES string of the molecule is O=c1[nH]c2cnc3[nH]ccc3c2n1[C@H]1CCCC[C@H]1C(F)(F)F. The predicted octanol–water partition coefficient (Wildman–Crippen LogP) is 3.50. The van der Waals surface area contributed by atoms with Gasteiger partial charge in [0.15, 0.2) is 0 Å². The number of rotatable bonds is 1. The van der Waals surface area contributed by atoms with Gasteiger partial charge in [-0.15, -0.1) is 0 Å². The number of hydrogen-bond donors (Lipinski definition) is 2. The van der Waals surface area contributed by atoms with Crippen LogP contribution in [0.4, 0.5) is 13.2 Å². The molecule has 1 saturated carbocycles. The fourth-order valence-electron chi connectivity index (χ4n) is 3.74. The average Bonchev–Trinajstić information content (AvgIpc) is 3.08. The lowest BCUT2D eigenvalue weighted by Gasteiger charge is -2.33. The van der Waals surface area contributed by atoms with Gasteiger partial charge in [-0.3, -0.25) is 4.57 Å². The predicted molar refractivity (Wildman–Crippen MR) is 79.3 cm³/mol. The minimum absolute atomic E-state index is 0.0641. The van der Waals surface area contributed by atoms with Gasteiger partial charge >= 0.3 is 11.9 Å². The highest BCUT2D eigenvalue weighted by atomic mass is 19.4. The number of nitrogens with zero attached hydrogens (tertiary/aromatic N) is 2. The summed E-state index contributed by atoms with van der Waals surface area (Å²) in [6.07, 6.45) is 0.494. The van der Waals surface area contributed by atoms with E-state index in [1.54, 1.807) is 12.3 Å². The van der Waals surface area contributed by atoms with Crippen molar-refractivity contribution < 1.29 is 13.2 Å². The van der Waals surface area contributed by atoms with E-state index in [1.807, 2.05) is 0 Å². The van der Waals surface area contributed by atoms with Crippen molar-refractivity contribution in [1.82, 2.24) is 19.5 Å². The van der Waals surface area contributed by atoms with Gasteiger partial charge in [0.1, 0.15) is 5.65 Å². The molecule has 1 aliphatic carbocycles. The highest BCUT2D eigenvalue weighted by molar-refractivity contribution is 6.00. The largest absolute Gasteiger partial charge is 0.393 e. The van der Waals surface area contributed by atoms with Crippen LogP contribution in [0.1, 0.15) is 31.7 Å². The molecule has 1 aliphatic rings. The molecule has 3 aromatic rings. The van der Waals surface area contributed by atoms with Crippen LogP contribution in [0.2, 0.25) is 0 Å². The summed E-state index contributed by atoms with van der Waals surface area (Å²) in [6.45, 7) is 0. The van der Waals surface area contributed by atoms with Crippen molar-refractivity contribution >= 4 is 22.1 Å². The van der Waals surface area contributed by atoms with Crippen LogP contribution in [0.15, 0.2) is 23.3 Å². The summed E-state index contributed by atoms with van der Waals surface area (Å²) in [7, 11) is 0. The number of nitrogens with one attached hydrogen (secondary N) is 2. The average molecular weight is 324 g/mol. The van der Waals surface area contributed by atoms with Crippen LogP contribution < -0.4 is 5.69 Å². The summed E-state index contributed by atoms with van der Waals surface area (Å²) in [5, 5.41) is 0.660. The maximum Gasteiger partial charge on any atom is 0.393 e. The molecule has 0 amide bonds. The molecular weight excluding hydrogens is 309 g/mol. The molecule has 0 bridgehead atoms. The van der Waals surface area contributed by atoms with Crippen molar-refractivity contribution in [3.05, 3.63) is 28.9 Å². The zero-order valence-corrected chi connectivity index (χ0v) is 12.2. The van der Waals surface area contributed by atoms with E-state index in [-0.39, 0.29) is 6.42 Å². The minimum atomic E-state index is -4.31. The Morgan fingerprint density at radius 2 is 2.04 bits per heavy atom. The van der Waals surface area contributed by atoms with Crippen LogP contribution in [0.3, 0.4) is 0 Å². The number of pyridine rings is 1. The van der Waals surface area contributed by atoms with Gasteiger partial charge < -0.3 is 9.97 Å². The quantitative estimate of drug-likeness (QED) is 0.719. The van der Waals surface area contributed by atoms with E-state index in [0.29, 0.717) is 41.3 Å². The molecule has 0 aromatic carbocycles. The zero-order valence-electron chi connectivity index (χ0n) is 12.2. The van der Waals surface area contributed by atoms with Crippen LogP contribution in [-0.4, -0.2) is 25.7 Å². The molecule has 5 nitrogen and oxygen atoms in total. The Morgan fingerprint density at radius 3 is 2.83 bits per heavy atom. The van der Waals surface area contributed by atoms with Gasteiger partial charge in [0.2, 0.25) is 0 Å². The van der Waals surface area contributed by atoms with Crippen molar-refractivity contribution in [3.8, 4) is 0 Å². The third-order valence-corrected chi connectivity index (χ3v) is 4.74. The van der Waals surface area contributed by atoms with Gasteiger partial charge in [-0.25, -0.2) is 9.78 Å². The first kappa shape index (κ1) is 14.3. The molecule has 8 heteroatoms. The molecular formula is C15H15F3N4O. The lowest BCUT2D eigenvalue weighted by atomic mass is 9.83. The molecule has 0 unspecified atom stereocenters. The van der Waals surface area contributed by atoms with E-state index in [2.05, 4.69) is 15.0 Å². The van der Waals surface area contributed by atoms with Gasteiger partial charge in [0, 0.05) is 11.6 Å². The number of halogens is 3. The first-order valence-electron chi connectivity index (χ1n) is 7.60. The summed E-state index contributed by atoms with van der Waals surface area (Å²) >= 11 is 0. The highest BCUT2D eigenvalue weighted by Crippen LogP contribution is 2.44. The number of alkyl halides is 3. The van der Waals surface area contributed by atoms with Gasteiger partial charge in [-0.05, 0) is 18.9 Å². The summed E-state index contributed by atoms with van der Waals surface area (Å²) in [6, 6.07) is 0.866. The molecule has 3 aromatic heterocycles. The Balaban J connectivity index is 1.98. The maximum absolute atomic E-state index is 13.4. The van der Waals surface area contributed by atoms with Crippen LogP contribution >= 0.6 is 0 Å². The van der Waals surface area contributed by atoms with Gasteiger partial charge in [0.05, 0.1) is 29.2 Å². The molecule has 3 heterocycles. The number of hydrogen-bond acceptors (Lipinski definition) is 2. The summed E-state index contributed by atoms with van der Waals surface area (Å²) in [5.41, 5.74) is 1.03. The number of fused-ring (bicyclic) bond motifs is 3. The standard InChI is InChI=1S/C15H15F3N4O/c16-15(17,18)9-3-1-2-4-11(9)22-12-8-5-6-19-13(8)20-7-10(12)21-14(22)23/h5-7,9,11H,1-4H2,(H,19,20)(H,21,23)/t9-,11+/m1/s1. The smallest absolute Gasteiger partial charge is 0.346 e. The monoisotopic (exact) mass is 324 g/mol. The van der Waals surface area contributed by atoms with Crippen molar-refractivity contribution in [2.75, 3.05) is 0 Å². The topological polar surface area (TPSA) is 66.5 Å². The fourth-order valence-corrected chi connectivity index (χ4v) is 3.74. The lowest BCUT2D eigenvalue weighted by molar-refractivity contribution is -0.193. The first-order chi connectivity index (χ1) is 11.0. The fraction of sp³-hybridized carbons (Fsp3) is 0.467. The Kier molecular flexibility index (Phi) is 3.04. The van der Waals surface area contributed by atoms with Crippen LogP contribution in [0, 0.1) is 5.92 Å². The van der Waals surface area contributed by atoms with E-state index in [4.69, 9.17) is 0 Å². The molecule has 4 rings (SSSR count). The Morgan fingerprint density at radius 1 is 1.26 bits per heavy atom. The molecule has 0 spiro atoms. The molecule has 2 N–H and O–H groups in total. The van der Waals surface area contributed by atoms with Crippen LogP contribution in [-0.2, 0) is 0 Å². The summed E-state index contributed by atoms with van der Waals surface area (Å²) in [4.78, 5) is 22.1. The number of aromatic nitrogens is 4. The Bertz CT molecular complexity index is 920. The van der Waals surface area contributed by atoms with E-state index >= 15 is 0 Å². The Hall–Kier alpha value is -2.25. The summed E-state index contributed by atoms with van der Waals surface area (Å²) in [5.74, 6) is -1.49. The minimum Gasteiger partial charge on any atom is -0.346 e. The molecule has 122 valence electrons. The molecule has 23 heavy (non-hydrogen) atoms.